The van der Waals surface area contributed by atoms with E-state index in [4.69, 9.17) is 4.74 Å². The van der Waals surface area contributed by atoms with Crippen molar-refractivity contribution >= 4 is 10.0 Å². The first-order valence-electron chi connectivity index (χ1n) is 5.03. The van der Waals surface area contributed by atoms with Crippen molar-refractivity contribution in [3.05, 3.63) is 0 Å². The van der Waals surface area contributed by atoms with Gasteiger partial charge in [0.2, 0.25) is 10.0 Å². The Balaban J connectivity index is 2.18. The molecule has 82 valence electrons. The fourth-order valence-electron chi connectivity index (χ4n) is 2.82. The van der Waals surface area contributed by atoms with Crippen LogP contribution in [0, 0.1) is 0 Å². The lowest BCUT2D eigenvalue weighted by Gasteiger charge is -2.36. The highest BCUT2D eigenvalue weighted by atomic mass is 32.2. The second-order valence-electron chi connectivity index (χ2n) is 4.31. The van der Waals surface area contributed by atoms with Crippen LogP contribution in [0.15, 0.2) is 0 Å². The van der Waals surface area contributed by atoms with Crippen molar-refractivity contribution in [1.29, 1.82) is 0 Å². The normalized spacial score (nSPS) is 38.9. The van der Waals surface area contributed by atoms with E-state index in [1.807, 2.05) is 0 Å². The fourth-order valence-corrected chi connectivity index (χ4v) is 4.28. The van der Waals surface area contributed by atoms with E-state index in [1.165, 1.54) is 6.26 Å². The van der Waals surface area contributed by atoms with E-state index >= 15 is 0 Å². The van der Waals surface area contributed by atoms with Gasteiger partial charge in [-0.3, -0.25) is 0 Å². The van der Waals surface area contributed by atoms with Crippen LogP contribution in [0.3, 0.4) is 0 Å². The number of hydrogen-bond donors (Lipinski definition) is 0. The third-order valence-electron chi connectivity index (χ3n) is 3.34. The zero-order valence-electron chi connectivity index (χ0n) is 8.64. The second-order valence-corrected chi connectivity index (χ2v) is 6.19. The standard InChI is InChI=1S/C9H17NO3S/c1-13-9-5-7-3-4-8(6-9)10(7)14(2,11)12/h7-9H,3-6H2,1-2H3. The molecule has 0 aromatic rings. The molecule has 0 aliphatic carbocycles. The van der Waals surface area contributed by atoms with E-state index in [0.29, 0.717) is 0 Å². The van der Waals surface area contributed by atoms with Gasteiger partial charge >= 0.3 is 0 Å². The lowest BCUT2D eigenvalue weighted by molar-refractivity contribution is 0.0351. The second kappa shape index (κ2) is 3.47. The Bertz CT molecular complexity index is 300. The minimum atomic E-state index is -3.02. The summed E-state index contributed by atoms with van der Waals surface area (Å²) in [7, 11) is -1.31. The molecule has 0 saturated carbocycles. The van der Waals surface area contributed by atoms with Gasteiger partial charge in [0.1, 0.15) is 0 Å². The molecule has 2 bridgehead atoms. The van der Waals surface area contributed by atoms with Crippen LogP contribution >= 0.6 is 0 Å². The highest BCUT2D eigenvalue weighted by Crippen LogP contribution is 2.38. The minimum absolute atomic E-state index is 0.189. The van der Waals surface area contributed by atoms with Crippen LogP contribution in [0.25, 0.3) is 0 Å². The van der Waals surface area contributed by atoms with Crippen molar-refractivity contribution < 1.29 is 13.2 Å². The summed E-state index contributed by atoms with van der Waals surface area (Å²) in [6.45, 7) is 0. The number of fused-ring (bicyclic) bond motifs is 2. The van der Waals surface area contributed by atoms with Crippen molar-refractivity contribution in [3.63, 3.8) is 0 Å². The number of piperidine rings is 1. The van der Waals surface area contributed by atoms with Gasteiger partial charge in [0.15, 0.2) is 0 Å². The summed E-state index contributed by atoms with van der Waals surface area (Å²) in [6, 6.07) is 0.377. The van der Waals surface area contributed by atoms with Crippen LogP contribution in [0.1, 0.15) is 25.7 Å². The maximum Gasteiger partial charge on any atom is 0.211 e. The molecule has 2 aliphatic heterocycles. The first kappa shape index (κ1) is 10.4. The smallest absolute Gasteiger partial charge is 0.211 e. The van der Waals surface area contributed by atoms with Gasteiger partial charge in [0, 0.05) is 19.2 Å². The average Bonchev–Trinajstić information content (AvgIpc) is 2.38. The van der Waals surface area contributed by atoms with E-state index < -0.39 is 10.0 Å². The lowest BCUT2D eigenvalue weighted by Crippen LogP contribution is -2.47. The van der Waals surface area contributed by atoms with Crippen LogP contribution in [-0.2, 0) is 14.8 Å². The maximum atomic E-state index is 11.5. The van der Waals surface area contributed by atoms with Crippen molar-refractivity contribution in [2.75, 3.05) is 13.4 Å². The third-order valence-corrected chi connectivity index (χ3v) is 4.70. The number of rotatable bonds is 2. The highest BCUT2D eigenvalue weighted by molar-refractivity contribution is 7.88. The summed E-state index contributed by atoms with van der Waals surface area (Å²) in [4.78, 5) is 0. The van der Waals surface area contributed by atoms with E-state index in [0.717, 1.165) is 25.7 Å². The lowest BCUT2D eigenvalue weighted by atomic mass is 10.0. The monoisotopic (exact) mass is 219 g/mol. The quantitative estimate of drug-likeness (QED) is 0.683. The molecule has 2 saturated heterocycles. The zero-order valence-corrected chi connectivity index (χ0v) is 9.46. The van der Waals surface area contributed by atoms with Gasteiger partial charge in [-0.15, -0.1) is 0 Å². The van der Waals surface area contributed by atoms with Crippen molar-refractivity contribution in [2.45, 2.75) is 43.9 Å². The van der Waals surface area contributed by atoms with Gasteiger partial charge in [-0.2, -0.15) is 4.31 Å². The van der Waals surface area contributed by atoms with Gasteiger partial charge in [-0.05, 0) is 25.7 Å². The molecule has 2 aliphatic rings. The molecular formula is C9H17NO3S. The van der Waals surface area contributed by atoms with Crippen LogP contribution in [0.5, 0.6) is 0 Å². The Kier molecular flexibility index (Phi) is 2.57. The summed E-state index contributed by atoms with van der Waals surface area (Å²) >= 11 is 0. The molecule has 2 unspecified atom stereocenters. The molecule has 14 heavy (non-hydrogen) atoms. The number of hydrogen-bond acceptors (Lipinski definition) is 3. The minimum Gasteiger partial charge on any atom is -0.381 e. The Labute approximate surface area is 85.3 Å². The molecule has 0 aromatic carbocycles. The largest absolute Gasteiger partial charge is 0.381 e. The molecule has 0 amide bonds. The first-order valence-corrected chi connectivity index (χ1v) is 6.88. The molecule has 0 N–H and O–H groups in total. The van der Waals surface area contributed by atoms with Crippen LogP contribution in [0.4, 0.5) is 0 Å². The van der Waals surface area contributed by atoms with Crippen molar-refractivity contribution in [1.82, 2.24) is 4.31 Å². The summed E-state index contributed by atoms with van der Waals surface area (Å²) in [5.41, 5.74) is 0. The average molecular weight is 219 g/mol. The Morgan fingerprint density at radius 1 is 1.21 bits per heavy atom. The first-order chi connectivity index (χ1) is 6.52. The van der Waals surface area contributed by atoms with Crippen molar-refractivity contribution in [2.24, 2.45) is 0 Å². The maximum absolute atomic E-state index is 11.5. The number of methoxy groups -OCH3 is 1. The Hall–Kier alpha value is -0.130. The molecule has 4 nitrogen and oxygen atoms in total. The van der Waals surface area contributed by atoms with E-state index in [1.54, 1.807) is 11.4 Å². The summed E-state index contributed by atoms with van der Waals surface area (Å²) < 4.78 is 30.1. The number of sulfonamides is 1. The van der Waals surface area contributed by atoms with Gasteiger partial charge < -0.3 is 4.74 Å². The van der Waals surface area contributed by atoms with Gasteiger partial charge in [0.05, 0.1) is 12.4 Å². The SMILES string of the molecule is COC1CC2CCC(C1)N2S(C)(=O)=O. The predicted octanol–water partition coefficient (Wildman–Crippen LogP) is 0.588. The van der Waals surface area contributed by atoms with Gasteiger partial charge in [-0.1, -0.05) is 0 Å². The number of ether oxygens (including phenoxy) is 1. The van der Waals surface area contributed by atoms with E-state index in [2.05, 4.69) is 0 Å². The molecule has 2 atom stereocenters. The highest BCUT2D eigenvalue weighted by Gasteiger charge is 2.45. The summed E-state index contributed by atoms with van der Waals surface area (Å²) in [5.74, 6) is 0. The van der Waals surface area contributed by atoms with E-state index in [9.17, 15) is 8.42 Å². The molecule has 2 heterocycles. The topological polar surface area (TPSA) is 46.6 Å². The summed E-state index contributed by atoms with van der Waals surface area (Å²) in [6.07, 6.45) is 5.28. The molecule has 2 fully saturated rings. The van der Waals surface area contributed by atoms with Crippen LogP contribution in [-0.4, -0.2) is 44.3 Å². The van der Waals surface area contributed by atoms with Crippen molar-refractivity contribution in [3.8, 4) is 0 Å². The Morgan fingerprint density at radius 2 is 1.71 bits per heavy atom. The summed E-state index contributed by atoms with van der Waals surface area (Å²) in [5, 5.41) is 0. The number of nitrogens with zero attached hydrogens (tertiary/aromatic N) is 1. The van der Waals surface area contributed by atoms with Gasteiger partial charge in [-0.25, -0.2) is 8.42 Å². The fraction of sp³-hybridized carbons (Fsp3) is 1.00. The molecule has 0 radical (unpaired) electrons. The van der Waals surface area contributed by atoms with Crippen LogP contribution in [0.2, 0.25) is 0 Å². The zero-order chi connectivity index (χ0) is 10.3. The Morgan fingerprint density at radius 3 is 2.07 bits per heavy atom. The molecule has 0 spiro atoms. The van der Waals surface area contributed by atoms with Crippen LogP contribution < -0.4 is 0 Å². The molecule has 5 heteroatoms. The predicted molar refractivity (Wildman–Crippen MR) is 53.5 cm³/mol. The molecule has 0 aromatic heterocycles. The third kappa shape index (κ3) is 1.68. The van der Waals surface area contributed by atoms with E-state index in [-0.39, 0.29) is 18.2 Å². The molecule has 2 rings (SSSR count). The molecular weight excluding hydrogens is 202 g/mol. The van der Waals surface area contributed by atoms with Gasteiger partial charge in [0.25, 0.3) is 0 Å².